The number of hydrogen-bond donors (Lipinski definition) is 1. The molecule has 1 amide bonds. The van der Waals surface area contributed by atoms with Crippen molar-refractivity contribution in [3.63, 3.8) is 0 Å². The highest BCUT2D eigenvalue weighted by atomic mass is 35.5. The van der Waals surface area contributed by atoms with Crippen molar-refractivity contribution in [2.24, 2.45) is 0 Å². The first-order valence-corrected chi connectivity index (χ1v) is 7.35. The Hall–Kier alpha value is -2.21. The van der Waals surface area contributed by atoms with Gasteiger partial charge in [0.1, 0.15) is 23.7 Å². The van der Waals surface area contributed by atoms with Gasteiger partial charge in [-0.2, -0.15) is 0 Å². The highest BCUT2D eigenvalue weighted by Gasteiger charge is 2.20. The van der Waals surface area contributed by atoms with Crippen molar-refractivity contribution in [2.45, 2.75) is 12.8 Å². The standard InChI is InChI=1S/C15H14ClFN4O/c16-11-7-10(3-4-12(11)17)20-14-8-13(18-9-19-14)15(22)21-5-1-2-6-21/h3-4,7-9H,1-2,5-6H2,(H,18,19,20). The van der Waals surface area contributed by atoms with Crippen molar-refractivity contribution in [1.82, 2.24) is 14.9 Å². The van der Waals surface area contributed by atoms with E-state index >= 15 is 0 Å². The number of anilines is 2. The van der Waals surface area contributed by atoms with E-state index in [0.29, 0.717) is 17.2 Å². The molecule has 0 radical (unpaired) electrons. The quantitative estimate of drug-likeness (QED) is 0.943. The minimum Gasteiger partial charge on any atom is -0.340 e. The Morgan fingerprint density at radius 2 is 2.00 bits per heavy atom. The fraction of sp³-hybridized carbons (Fsp3) is 0.267. The van der Waals surface area contributed by atoms with Gasteiger partial charge in [-0.3, -0.25) is 4.79 Å². The van der Waals surface area contributed by atoms with E-state index in [0.717, 1.165) is 25.9 Å². The molecule has 0 atom stereocenters. The summed E-state index contributed by atoms with van der Waals surface area (Å²) in [5.74, 6) is -0.125. The summed E-state index contributed by atoms with van der Waals surface area (Å²) in [6.45, 7) is 1.53. The molecule has 0 saturated carbocycles. The number of nitrogens with one attached hydrogen (secondary N) is 1. The molecule has 22 heavy (non-hydrogen) atoms. The first kappa shape index (κ1) is 14.7. The van der Waals surface area contributed by atoms with Crippen LogP contribution in [0.5, 0.6) is 0 Å². The van der Waals surface area contributed by atoms with Gasteiger partial charge in [0.2, 0.25) is 0 Å². The number of rotatable bonds is 3. The van der Waals surface area contributed by atoms with Gasteiger partial charge in [0.05, 0.1) is 5.02 Å². The van der Waals surface area contributed by atoms with E-state index in [2.05, 4.69) is 15.3 Å². The van der Waals surface area contributed by atoms with Crippen LogP contribution in [0.15, 0.2) is 30.6 Å². The van der Waals surface area contributed by atoms with Crippen LogP contribution in [0.1, 0.15) is 23.3 Å². The SMILES string of the molecule is O=C(c1cc(Nc2ccc(F)c(Cl)c2)ncn1)N1CCCC1. The number of amides is 1. The molecule has 0 unspecified atom stereocenters. The molecule has 2 aromatic rings. The van der Waals surface area contributed by atoms with Gasteiger partial charge in [-0.25, -0.2) is 14.4 Å². The summed E-state index contributed by atoms with van der Waals surface area (Å²) >= 11 is 5.74. The molecule has 0 aliphatic carbocycles. The summed E-state index contributed by atoms with van der Waals surface area (Å²) in [6, 6.07) is 5.85. The lowest BCUT2D eigenvalue weighted by atomic mass is 10.3. The van der Waals surface area contributed by atoms with Crippen LogP contribution in [0.3, 0.4) is 0 Å². The van der Waals surface area contributed by atoms with Crippen LogP contribution < -0.4 is 5.32 Å². The molecule has 1 aromatic heterocycles. The van der Waals surface area contributed by atoms with E-state index in [1.807, 2.05) is 0 Å². The molecular formula is C15H14ClFN4O. The van der Waals surface area contributed by atoms with Gasteiger partial charge in [-0.1, -0.05) is 11.6 Å². The van der Waals surface area contributed by atoms with E-state index in [1.165, 1.54) is 18.5 Å². The molecule has 1 N–H and O–H groups in total. The van der Waals surface area contributed by atoms with E-state index < -0.39 is 5.82 Å². The van der Waals surface area contributed by atoms with Crippen molar-refractivity contribution in [3.05, 3.63) is 47.1 Å². The van der Waals surface area contributed by atoms with Crippen LogP contribution in [0.25, 0.3) is 0 Å². The van der Waals surface area contributed by atoms with Crippen LogP contribution in [-0.4, -0.2) is 33.9 Å². The Kier molecular flexibility index (Phi) is 4.20. The lowest BCUT2D eigenvalue weighted by molar-refractivity contribution is 0.0787. The first-order chi connectivity index (χ1) is 10.6. The fourth-order valence-electron chi connectivity index (χ4n) is 2.35. The maximum Gasteiger partial charge on any atom is 0.272 e. The van der Waals surface area contributed by atoms with Crippen LogP contribution in [0.4, 0.5) is 15.9 Å². The van der Waals surface area contributed by atoms with Gasteiger partial charge < -0.3 is 10.2 Å². The lowest BCUT2D eigenvalue weighted by Gasteiger charge is -2.14. The van der Waals surface area contributed by atoms with E-state index in [9.17, 15) is 9.18 Å². The van der Waals surface area contributed by atoms with Crippen molar-refractivity contribution < 1.29 is 9.18 Å². The summed E-state index contributed by atoms with van der Waals surface area (Å²) in [5.41, 5.74) is 0.928. The second kappa shape index (κ2) is 6.27. The summed E-state index contributed by atoms with van der Waals surface area (Å²) in [6.07, 6.45) is 3.38. The van der Waals surface area contributed by atoms with Gasteiger partial charge in [0, 0.05) is 24.8 Å². The third kappa shape index (κ3) is 3.17. The second-order valence-electron chi connectivity index (χ2n) is 5.04. The molecule has 2 heterocycles. The molecule has 1 fully saturated rings. The van der Waals surface area contributed by atoms with Gasteiger partial charge in [-0.05, 0) is 31.0 Å². The third-order valence-corrected chi connectivity index (χ3v) is 3.76. The first-order valence-electron chi connectivity index (χ1n) is 6.97. The van der Waals surface area contributed by atoms with Gasteiger partial charge in [0.25, 0.3) is 5.91 Å². The molecule has 3 rings (SSSR count). The number of benzene rings is 1. The van der Waals surface area contributed by atoms with Crippen molar-refractivity contribution in [2.75, 3.05) is 18.4 Å². The van der Waals surface area contributed by atoms with Crippen molar-refractivity contribution in [1.29, 1.82) is 0 Å². The minimum absolute atomic E-state index is 0.0208. The Balaban J connectivity index is 1.78. The molecule has 1 saturated heterocycles. The molecular weight excluding hydrogens is 307 g/mol. The summed E-state index contributed by atoms with van der Waals surface area (Å²) in [4.78, 5) is 22.2. The summed E-state index contributed by atoms with van der Waals surface area (Å²) < 4.78 is 13.1. The third-order valence-electron chi connectivity index (χ3n) is 3.47. The number of aromatic nitrogens is 2. The zero-order valence-corrected chi connectivity index (χ0v) is 12.5. The number of halogens is 2. The molecule has 5 nitrogen and oxygen atoms in total. The molecule has 1 aliphatic rings. The molecule has 1 aromatic carbocycles. The van der Waals surface area contributed by atoms with Gasteiger partial charge in [-0.15, -0.1) is 0 Å². The van der Waals surface area contributed by atoms with E-state index in [-0.39, 0.29) is 10.9 Å². The van der Waals surface area contributed by atoms with Gasteiger partial charge >= 0.3 is 0 Å². The maximum atomic E-state index is 13.1. The average Bonchev–Trinajstić information content (AvgIpc) is 3.05. The zero-order chi connectivity index (χ0) is 15.5. The predicted molar refractivity (Wildman–Crippen MR) is 81.9 cm³/mol. The number of likely N-dealkylation sites (tertiary alicyclic amines) is 1. The highest BCUT2D eigenvalue weighted by Crippen LogP contribution is 2.22. The normalized spacial score (nSPS) is 14.2. The molecule has 0 bridgehead atoms. The van der Waals surface area contributed by atoms with Crippen LogP contribution >= 0.6 is 11.6 Å². The van der Waals surface area contributed by atoms with Crippen molar-refractivity contribution in [3.8, 4) is 0 Å². The van der Waals surface area contributed by atoms with E-state index in [1.54, 1.807) is 17.0 Å². The smallest absolute Gasteiger partial charge is 0.272 e. The maximum absolute atomic E-state index is 13.1. The number of hydrogen-bond acceptors (Lipinski definition) is 4. The monoisotopic (exact) mass is 320 g/mol. The van der Waals surface area contributed by atoms with Crippen LogP contribution in [0.2, 0.25) is 5.02 Å². The Morgan fingerprint density at radius 3 is 2.73 bits per heavy atom. The summed E-state index contributed by atoms with van der Waals surface area (Å²) in [7, 11) is 0. The molecule has 7 heteroatoms. The second-order valence-corrected chi connectivity index (χ2v) is 5.45. The number of carbonyl (C=O) groups is 1. The predicted octanol–water partition coefficient (Wildman–Crippen LogP) is 3.25. The fourth-order valence-corrected chi connectivity index (χ4v) is 2.53. The largest absolute Gasteiger partial charge is 0.340 e. The topological polar surface area (TPSA) is 58.1 Å². The Bertz CT molecular complexity index is 704. The van der Waals surface area contributed by atoms with E-state index in [4.69, 9.17) is 11.6 Å². The lowest BCUT2D eigenvalue weighted by Crippen LogP contribution is -2.28. The minimum atomic E-state index is -0.486. The number of nitrogens with zero attached hydrogens (tertiary/aromatic N) is 3. The molecule has 1 aliphatic heterocycles. The Labute approximate surface area is 132 Å². The average molecular weight is 321 g/mol. The Morgan fingerprint density at radius 1 is 1.23 bits per heavy atom. The molecule has 114 valence electrons. The number of carbonyl (C=O) groups excluding carboxylic acids is 1. The summed E-state index contributed by atoms with van der Waals surface area (Å²) in [5, 5.41) is 3.01. The van der Waals surface area contributed by atoms with Gasteiger partial charge in [0.15, 0.2) is 0 Å². The van der Waals surface area contributed by atoms with Crippen LogP contribution in [-0.2, 0) is 0 Å². The van der Waals surface area contributed by atoms with Crippen LogP contribution in [0, 0.1) is 5.82 Å². The zero-order valence-electron chi connectivity index (χ0n) is 11.7. The molecule has 0 spiro atoms. The highest BCUT2D eigenvalue weighted by molar-refractivity contribution is 6.31. The van der Waals surface area contributed by atoms with Crippen molar-refractivity contribution >= 4 is 29.0 Å².